The van der Waals surface area contributed by atoms with E-state index in [0.717, 1.165) is 22.6 Å². The fourth-order valence-corrected chi connectivity index (χ4v) is 2.52. The zero-order chi connectivity index (χ0) is 17.8. The Morgan fingerprint density at radius 1 is 0.769 bits per heavy atom. The van der Waals surface area contributed by atoms with E-state index in [1.165, 1.54) is 0 Å². The Labute approximate surface area is 150 Å². The number of phenolic OH excluding ortho intramolecular Hbond substituents is 1. The van der Waals surface area contributed by atoms with Crippen molar-refractivity contribution in [3.05, 3.63) is 90.3 Å². The largest absolute Gasteiger partial charge is 0.508 e. The molecule has 1 heterocycles. The first-order valence-electron chi connectivity index (χ1n) is 8.20. The Morgan fingerprint density at radius 2 is 1.46 bits per heavy atom. The first-order valence-corrected chi connectivity index (χ1v) is 8.20. The van der Waals surface area contributed by atoms with Crippen LogP contribution in [-0.2, 0) is 6.42 Å². The predicted octanol–water partition coefficient (Wildman–Crippen LogP) is 4.83. The maximum atomic E-state index is 9.34. The summed E-state index contributed by atoms with van der Waals surface area (Å²) in [6.07, 6.45) is 0.538. The van der Waals surface area contributed by atoms with Gasteiger partial charge in [0.1, 0.15) is 17.2 Å². The van der Waals surface area contributed by atoms with Crippen molar-refractivity contribution in [3.8, 4) is 28.7 Å². The van der Waals surface area contributed by atoms with Crippen molar-refractivity contribution in [1.82, 2.24) is 10.2 Å². The molecule has 0 fully saturated rings. The quantitative estimate of drug-likeness (QED) is 0.562. The first kappa shape index (κ1) is 15.9. The molecule has 3 aromatic carbocycles. The molecule has 0 atom stereocenters. The van der Waals surface area contributed by atoms with E-state index in [9.17, 15) is 5.11 Å². The van der Waals surface area contributed by atoms with Gasteiger partial charge >= 0.3 is 0 Å². The lowest BCUT2D eigenvalue weighted by Crippen LogP contribution is -1.89. The van der Waals surface area contributed by atoms with Crippen LogP contribution in [0.25, 0.3) is 11.5 Å². The molecule has 0 unspecified atom stereocenters. The van der Waals surface area contributed by atoms with E-state index in [-0.39, 0.29) is 5.75 Å². The van der Waals surface area contributed by atoms with Gasteiger partial charge in [0.2, 0.25) is 11.8 Å². The van der Waals surface area contributed by atoms with Crippen LogP contribution in [0.2, 0.25) is 0 Å². The van der Waals surface area contributed by atoms with Crippen LogP contribution >= 0.6 is 0 Å². The highest BCUT2D eigenvalue weighted by atomic mass is 16.5. The second-order valence-corrected chi connectivity index (χ2v) is 5.78. The van der Waals surface area contributed by atoms with E-state index >= 15 is 0 Å². The van der Waals surface area contributed by atoms with Gasteiger partial charge in [-0.15, -0.1) is 10.2 Å². The van der Waals surface area contributed by atoms with Crippen molar-refractivity contribution in [2.75, 3.05) is 0 Å². The highest BCUT2D eigenvalue weighted by Crippen LogP contribution is 2.23. The third-order valence-electron chi connectivity index (χ3n) is 3.84. The lowest BCUT2D eigenvalue weighted by atomic mass is 10.1. The summed E-state index contributed by atoms with van der Waals surface area (Å²) >= 11 is 0. The van der Waals surface area contributed by atoms with Crippen LogP contribution in [0.3, 0.4) is 0 Å². The summed E-state index contributed by atoms with van der Waals surface area (Å²) in [7, 11) is 0. The molecule has 1 aromatic heterocycles. The van der Waals surface area contributed by atoms with E-state index < -0.39 is 0 Å². The zero-order valence-corrected chi connectivity index (χ0v) is 13.9. The number of nitrogens with zero attached hydrogens (tertiary/aromatic N) is 2. The molecule has 5 heteroatoms. The molecule has 0 spiro atoms. The van der Waals surface area contributed by atoms with Crippen molar-refractivity contribution in [2.45, 2.75) is 6.42 Å². The summed E-state index contributed by atoms with van der Waals surface area (Å²) in [5.74, 6) is 2.74. The third kappa shape index (κ3) is 3.72. The number of hydrogen-bond acceptors (Lipinski definition) is 5. The van der Waals surface area contributed by atoms with Crippen LogP contribution in [0.5, 0.6) is 17.2 Å². The van der Waals surface area contributed by atoms with E-state index in [1.54, 1.807) is 24.3 Å². The summed E-state index contributed by atoms with van der Waals surface area (Å²) in [4.78, 5) is 0. The molecule has 0 radical (unpaired) electrons. The number of ether oxygens (including phenoxy) is 1. The standard InChI is InChI=1S/C21H16N2O3/c24-17-10-8-16(9-11-17)21-23-22-20(26-21)14-15-6-12-19(13-7-15)25-18-4-2-1-3-5-18/h1-13,24H,14H2. The highest BCUT2D eigenvalue weighted by molar-refractivity contribution is 5.53. The Morgan fingerprint density at radius 3 is 2.19 bits per heavy atom. The number of phenols is 1. The predicted molar refractivity (Wildman–Crippen MR) is 97.2 cm³/mol. The van der Waals surface area contributed by atoms with Crippen LogP contribution < -0.4 is 4.74 Å². The molecule has 4 aromatic rings. The molecular weight excluding hydrogens is 328 g/mol. The van der Waals surface area contributed by atoms with Crippen molar-refractivity contribution in [2.24, 2.45) is 0 Å². The van der Waals surface area contributed by atoms with Gasteiger partial charge in [0, 0.05) is 5.56 Å². The minimum atomic E-state index is 0.200. The molecule has 0 aliphatic rings. The molecule has 4 rings (SSSR count). The maximum Gasteiger partial charge on any atom is 0.247 e. The molecule has 0 aliphatic heterocycles. The molecule has 0 saturated carbocycles. The van der Waals surface area contributed by atoms with E-state index in [1.807, 2.05) is 54.6 Å². The molecule has 5 nitrogen and oxygen atoms in total. The molecule has 0 amide bonds. The second kappa shape index (κ2) is 7.11. The number of aromatic nitrogens is 2. The maximum absolute atomic E-state index is 9.34. The van der Waals surface area contributed by atoms with Crippen LogP contribution in [-0.4, -0.2) is 15.3 Å². The van der Waals surface area contributed by atoms with Crippen LogP contribution in [0.15, 0.2) is 83.3 Å². The van der Waals surface area contributed by atoms with Gasteiger partial charge in [-0.3, -0.25) is 0 Å². The van der Waals surface area contributed by atoms with Crippen molar-refractivity contribution in [3.63, 3.8) is 0 Å². The monoisotopic (exact) mass is 344 g/mol. The molecule has 0 bridgehead atoms. The molecule has 0 saturated heterocycles. The minimum Gasteiger partial charge on any atom is -0.508 e. The van der Waals surface area contributed by atoms with Crippen LogP contribution in [0.4, 0.5) is 0 Å². The number of benzene rings is 3. The van der Waals surface area contributed by atoms with Gasteiger partial charge in [-0.05, 0) is 54.1 Å². The molecule has 128 valence electrons. The average Bonchev–Trinajstić information content (AvgIpc) is 3.13. The van der Waals surface area contributed by atoms with Crippen LogP contribution in [0.1, 0.15) is 11.5 Å². The van der Waals surface area contributed by atoms with E-state index in [0.29, 0.717) is 18.2 Å². The van der Waals surface area contributed by atoms with Gasteiger partial charge in [0.15, 0.2) is 0 Å². The fraction of sp³-hybridized carbons (Fsp3) is 0.0476. The highest BCUT2D eigenvalue weighted by Gasteiger charge is 2.09. The Bertz CT molecular complexity index is 978. The van der Waals surface area contributed by atoms with Gasteiger partial charge < -0.3 is 14.3 Å². The zero-order valence-electron chi connectivity index (χ0n) is 13.9. The summed E-state index contributed by atoms with van der Waals surface area (Å²) in [5, 5.41) is 17.5. The molecule has 0 aliphatic carbocycles. The van der Waals surface area contributed by atoms with E-state index in [2.05, 4.69) is 10.2 Å². The minimum absolute atomic E-state index is 0.200. The first-order chi connectivity index (χ1) is 12.8. The number of aromatic hydroxyl groups is 1. The topological polar surface area (TPSA) is 68.4 Å². The van der Waals surface area contributed by atoms with Gasteiger partial charge in [0.05, 0.1) is 6.42 Å². The van der Waals surface area contributed by atoms with Crippen molar-refractivity contribution >= 4 is 0 Å². The summed E-state index contributed by atoms with van der Waals surface area (Å²) in [5.41, 5.74) is 1.82. The van der Waals surface area contributed by atoms with Crippen molar-refractivity contribution in [1.29, 1.82) is 0 Å². The fourth-order valence-electron chi connectivity index (χ4n) is 2.52. The lowest BCUT2D eigenvalue weighted by molar-refractivity contribution is 0.475. The van der Waals surface area contributed by atoms with Gasteiger partial charge in [-0.1, -0.05) is 30.3 Å². The number of hydrogen-bond donors (Lipinski definition) is 1. The Kier molecular flexibility index (Phi) is 4.35. The molecular formula is C21H16N2O3. The van der Waals surface area contributed by atoms with Gasteiger partial charge in [-0.25, -0.2) is 0 Å². The summed E-state index contributed by atoms with van der Waals surface area (Å²) in [6.45, 7) is 0. The van der Waals surface area contributed by atoms with Gasteiger partial charge in [0.25, 0.3) is 0 Å². The SMILES string of the molecule is Oc1ccc(-c2nnc(Cc3ccc(Oc4ccccc4)cc3)o2)cc1. The average molecular weight is 344 g/mol. The van der Waals surface area contributed by atoms with Crippen LogP contribution in [0, 0.1) is 0 Å². The van der Waals surface area contributed by atoms with Crippen molar-refractivity contribution < 1.29 is 14.3 Å². The number of para-hydroxylation sites is 1. The Balaban J connectivity index is 1.44. The summed E-state index contributed by atoms with van der Waals surface area (Å²) < 4.78 is 11.5. The lowest BCUT2D eigenvalue weighted by Gasteiger charge is -2.05. The normalized spacial score (nSPS) is 10.6. The van der Waals surface area contributed by atoms with E-state index in [4.69, 9.17) is 9.15 Å². The van der Waals surface area contributed by atoms with Gasteiger partial charge in [-0.2, -0.15) is 0 Å². The second-order valence-electron chi connectivity index (χ2n) is 5.78. The molecule has 1 N–H and O–H groups in total. The Hall–Kier alpha value is -3.60. The third-order valence-corrected chi connectivity index (χ3v) is 3.84. The smallest absolute Gasteiger partial charge is 0.247 e. The molecule has 26 heavy (non-hydrogen) atoms. The summed E-state index contributed by atoms with van der Waals surface area (Å²) in [6, 6.07) is 24.1. The number of rotatable bonds is 5.